The number of nitrogens with zero attached hydrogens (tertiary/aromatic N) is 5. The lowest BCUT2D eigenvalue weighted by molar-refractivity contribution is -0.143. The highest BCUT2D eigenvalue weighted by molar-refractivity contribution is 7.09. The number of likely N-dealkylation sites (tertiary alicyclic amines) is 1. The molecule has 1 aromatic carbocycles. The maximum atomic E-state index is 13.7. The summed E-state index contributed by atoms with van der Waals surface area (Å²) in [6.45, 7) is 4.25. The van der Waals surface area contributed by atoms with Crippen molar-refractivity contribution in [2.75, 3.05) is 31.1 Å². The molecule has 2 saturated heterocycles. The maximum Gasteiger partial charge on any atom is 0.241 e. The van der Waals surface area contributed by atoms with Crippen LogP contribution in [0.15, 0.2) is 52.5 Å². The third-order valence-corrected chi connectivity index (χ3v) is 7.50. The Bertz CT molecular complexity index is 1190. The van der Waals surface area contributed by atoms with Gasteiger partial charge < -0.3 is 9.80 Å². The molecule has 0 spiro atoms. The molecule has 2 aromatic heterocycles. The molecule has 0 unspecified atom stereocenters. The largest absolute Gasteiger partial charge is 0.349 e. The number of aryl methyl sites for hydroxylation is 1. The summed E-state index contributed by atoms with van der Waals surface area (Å²) in [5.41, 5.74) is 0.234. The molecule has 0 N–H and O–H groups in total. The SMILES string of the molecule is Cc1nonc1N1CCN(C(=O)C[C@@]2(c3ccccc3)CC(=O)N(Cc3cccs3)C2=O)CC1. The average molecular weight is 480 g/mol. The van der Waals surface area contributed by atoms with Gasteiger partial charge in [-0.3, -0.25) is 19.3 Å². The molecule has 2 aliphatic rings. The van der Waals surface area contributed by atoms with Gasteiger partial charge in [0.25, 0.3) is 0 Å². The van der Waals surface area contributed by atoms with Crippen molar-refractivity contribution in [1.82, 2.24) is 20.1 Å². The number of hydrogen-bond acceptors (Lipinski definition) is 8. The molecule has 0 aliphatic carbocycles. The second kappa shape index (κ2) is 9.02. The van der Waals surface area contributed by atoms with Gasteiger partial charge in [-0.15, -0.1) is 11.3 Å². The Morgan fingerprint density at radius 1 is 1.06 bits per heavy atom. The van der Waals surface area contributed by atoms with Gasteiger partial charge in [-0.2, -0.15) is 0 Å². The molecule has 5 rings (SSSR count). The number of benzene rings is 1. The van der Waals surface area contributed by atoms with Gasteiger partial charge in [0.05, 0.1) is 12.0 Å². The third kappa shape index (κ3) is 3.98. The van der Waals surface area contributed by atoms with Crippen molar-refractivity contribution in [3.05, 3.63) is 64.0 Å². The van der Waals surface area contributed by atoms with Gasteiger partial charge in [0.2, 0.25) is 17.7 Å². The van der Waals surface area contributed by atoms with Crippen LogP contribution in [-0.4, -0.2) is 64.0 Å². The van der Waals surface area contributed by atoms with E-state index in [4.69, 9.17) is 4.63 Å². The van der Waals surface area contributed by atoms with Gasteiger partial charge in [-0.05, 0) is 29.1 Å². The summed E-state index contributed by atoms with van der Waals surface area (Å²) in [5.74, 6) is 0.0218. The van der Waals surface area contributed by atoms with Crippen LogP contribution in [0.4, 0.5) is 5.82 Å². The first-order chi connectivity index (χ1) is 16.5. The predicted molar refractivity (Wildman–Crippen MR) is 125 cm³/mol. The first-order valence-electron chi connectivity index (χ1n) is 11.2. The van der Waals surface area contributed by atoms with Crippen LogP contribution in [0.1, 0.15) is 29.0 Å². The average Bonchev–Trinajstić information content (AvgIpc) is 3.58. The lowest BCUT2D eigenvalue weighted by Gasteiger charge is -2.36. The molecular weight excluding hydrogens is 454 g/mol. The molecule has 2 aliphatic heterocycles. The van der Waals surface area contributed by atoms with Crippen LogP contribution in [0.3, 0.4) is 0 Å². The molecule has 176 valence electrons. The van der Waals surface area contributed by atoms with Gasteiger partial charge in [0.1, 0.15) is 5.69 Å². The highest BCUT2D eigenvalue weighted by atomic mass is 32.1. The van der Waals surface area contributed by atoms with Crippen molar-refractivity contribution < 1.29 is 19.0 Å². The number of hydrogen-bond donors (Lipinski definition) is 0. The number of aromatic nitrogens is 2. The van der Waals surface area contributed by atoms with Crippen LogP contribution in [-0.2, 0) is 26.3 Å². The Kier molecular flexibility index (Phi) is 5.91. The molecule has 0 radical (unpaired) electrons. The van der Waals surface area contributed by atoms with E-state index < -0.39 is 5.41 Å². The second-order valence-electron chi connectivity index (χ2n) is 8.71. The lowest BCUT2D eigenvalue weighted by atomic mass is 9.75. The van der Waals surface area contributed by atoms with Crippen LogP contribution in [0.25, 0.3) is 0 Å². The fraction of sp³-hybridized carbons (Fsp3) is 0.375. The van der Waals surface area contributed by atoms with Crippen molar-refractivity contribution in [2.24, 2.45) is 0 Å². The van der Waals surface area contributed by atoms with Crippen LogP contribution < -0.4 is 4.90 Å². The molecule has 34 heavy (non-hydrogen) atoms. The number of rotatable bonds is 6. The van der Waals surface area contributed by atoms with Crippen LogP contribution in [0.2, 0.25) is 0 Å². The van der Waals surface area contributed by atoms with Crippen LogP contribution in [0, 0.1) is 6.92 Å². The number of amides is 3. The predicted octanol–water partition coefficient (Wildman–Crippen LogP) is 2.38. The van der Waals surface area contributed by atoms with Gasteiger partial charge in [0, 0.05) is 43.9 Å². The van der Waals surface area contributed by atoms with Gasteiger partial charge in [0.15, 0.2) is 5.82 Å². The van der Waals surface area contributed by atoms with Gasteiger partial charge >= 0.3 is 0 Å². The van der Waals surface area contributed by atoms with E-state index in [1.807, 2.05) is 59.7 Å². The number of carbonyl (C=O) groups excluding carboxylic acids is 3. The number of piperazine rings is 1. The number of thiophene rings is 1. The highest BCUT2D eigenvalue weighted by Crippen LogP contribution is 2.41. The molecule has 3 aromatic rings. The van der Waals surface area contributed by atoms with Crippen molar-refractivity contribution in [3.63, 3.8) is 0 Å². The molecular formula is C24H25N5O4S. The Labute approximate surface area is 200 Å². The standard InChI is InChI=1S/C24H25N5O4S/c1-17-22(26-33-25-17)28-11-9-27(10-12-28)20(30)14-24(18-6-3-2-4-7-18)15-21(31)29(23(24)32)16-19-8-5-13-34-19/h2-8,13H,9-12,14-16H2,1H3/t24-/m0/s1. The maximum absolute atomic E-state index is 13.7. The van der Waals surface area contributed by atoms with E-state index in [0.29, 0.717) is 43.3 Å². The summed E-state index contributed by atoms with van der Waals surface area (Å²) in [6, 6.07) is 13.0. The molecule has 10 heteroatoms. The molecule has 2 fully saturated rings. The topological polar surface area (TPSA) is 99.8 Å². The Morgan fingerprint density at radius 3 is 2.47 bits per heavy atom. The lowest BCUT2D eigenvalue weighted by Crippen LogP contribution is -2.51. The summed E-state index contributed by atoms with van der Waals surface area (Å²) in [4.78, 5) is 46.3. The normalized spacial score (nSPS) is 20.9. The summed E-state index contributed by atoms with van der Waals surface area (Å²) in [6.07, 6.45) is -0.0379. The fourth-order valence-electron chi connectivity index (χ4n) is 4.79. The first kappa shape index (κ1) is 22.3. The zero-order valence-corrected chi connectivity index (χ0v) is 19.7. The van der Waals surface area contributed by atoms with Crippen LogP contribution >= 0.6 is 11.3 Å². The number of imide groups is 1. The van der Waals surface area contributed by atoms with Crippen LogP contribution in [0.5, 0.6) is 0 Å². The minimum atomic E-state index is -1.18. The summed E-state index contributed by atoms with van der Waals surface area (Å²) < 4.78 is 4.80. The van der Waals surface area contributed by atoms with Gasteiger partial charge in [-0.25, -0.2) is 4.63 Å². The molecule has 3 amide bonds. The summed E-state index contributed by atoms with van der Waals surface area (Å²) >= 11 is 1.50. The Morgan fingerprint density at radius 2 is 1.82 bits per heavy atom. The third-order valence-electron chi connectivity index (χ3n) is 6.64. The van der Waals surface area contributed by atoms with Crippen molar-refractivity contribution >= 4 is 34.9 Å². The summed E-state index contributed by atoms with van der Waals surface area (Å²) in [5, 5.41) is 9.70. The van der Waals surface area contributed by atoms with Gasteiger partial charge in [-0.1, -0.05) is 41.6 Å². The minimum absolute atomic E-state index is 0.00324. The Balaban J connectivity index is 1.35. The van der Waals surface area contributed by atoms with E-state index in [2.05, 4.69) is 10.3 Å². The molecule has 0 bridgehead atoms. The molecule has 4 heterocycles. The zero-order chi connectivity index (χ0) is 23.7. The van der Waals surface area contributed by atoms with E-state index >= 15 is 0 Å². The van der Waals surface area contributed by atoms with E-state index in [9.17, 15) is 14.4 Å². The van der Waals surface area contributed by atoms with E-state index in [1.54, 1.807) is 4.90 Å². The van der Waals surface area contributed by atoms with E-state index in [0.717, 1.165) is 4.88 Å². The number of anilines is 1. The monoisotopic (exact) mass is 479 g/mol. The minimum Gasteiger partial charge on any atom is -0.349 e. The van der Waals surface area contributed by atoms with Crippen molar-refractivity contribution in [1.29, 1.82) is 0 Å². The van der Waals surface area contributed by atoms with E-state index in [1.165, 1.54) is 16.2 Å². The van der Waals surface area contributed by atoms with Crippen molar-refractivity contribution in [2.45, 2.75) is 31.7 Å². The summed E-state index contributed by atoms with van der Waals surface area (Å²) in [7, 11) is 0. The zero-order valence-electron chi connectivity index (χ0n) is 18.8. The smallest absolute Gasteiger partial charge is 0.241 e. The quantitative estimate of drug-likeness (QED) is 0.501. The van der Waals surface area contributed by atoms with E-state index in [-0.39, 0.29) is 37.1 Å². The molecule has 1 atom stereocenters. The first-order valence-corrected chi connectivity index (χ1v) is 12.1. The van der Waals surface area contributed by atoms with Crippen molar-refractivity contribution in [3.8, 4) is 0 Å². The fourth-order valence-corrected chi connectivity index (χ4v) is 5.49. The Hall–Kier alpha value is -3.53. The highest BCUT2D eigenvalue weighted by Gasteiger charge is 2.54. The second-order valence-corrected chi connectivity index (χ2v) is 9.74. The molecule has 9 nitrogen and oxygen atoms in total. The number of carbonyl (C=O) groups is 3. The molecule has 0 saturated carbocycles.